The van der Waals surface area contributed by atoms with Crippen molar-refractivity contribution in [2.24, 2.45) is 0 Å². The highest BCUT2D eigenvalue weighted by atomic mass is 79.9. The van der Waals surface area contributed by atoms with Gasteiger partial charge in [-0.1, -0.05) is 13.8 Å². The molecule has 1 heterocycles. The lowest BCUT2D eigenvalue weighted by molar-refractivity contribution is 0.467. The number of halogens is 1. The summed E-state index contributed by atoms with van der Waals surface area (Å²) >= 11 is 3.56. The first-order valence-electron chi connectivity index (χ1n) is 6.91. The third kappa shape index (κ3) is 3.02. The molecule has 0 saturated heterocycles. The lowest BCUT2D eigenvalue weighted by Gasteiger charge is -2.14. The summed E-state index contributed by atoms with van der Waals surface area (Å²) < 4.78 is 0.899. The molecule has 0 spiro atoms. The maximum absolute atomic E-state index is 9.90. The molecule has 0 radical (unpaired) electrons. The van der Waals surface area contributed by atoms with Crippen LogP contribution < -0.4 is 5.32 Å². The smallest absolute Gasteiger partial charge is 0.161 e. The van der Waals surface area contributed by atoms with E-state index in [1.807, 2.05) is 33.0 Å². The van der Waals surface area contributed by atoms with Gasteiger partial charge in [0.25, 0.3) is 0 Å². The number of phenolic OH excluding ortho intramolecular Hbond substituents is 1. The maximum atomic E-state index is 9.90. The standard InChI is InChI=1S/C16H20BrN3O/c1-8(2)13-12(17)16(18-5)20-15(19-13)11-6-9(3)14(21)10(4)7-11/h6-8,21H,1-5H3,(H,18,19,20). The molecule has 2 N–H and O–H groups in total. The van der Waals surface area contributed by atoms with E-state index in [-0.39, 0.29) is 5.92 Å². The maximum Gasteiger partial charge on any atom is 0.161 e. The summed E-state index contributed by atoms with van der Waals surface area (Å²) in [5.41, 5.74) is 3.53. The van der Waals surface area contributed by atoms with Crippen LogP contribution in [-0.4, -0.2) is 22.1 Å². The van der Waals surface area contributed by atoms with Gasteiger partial charge in [0.1, 0.15) is 11.6 Å². The highest BCUT2D eigenvalue weighted by molar-refractivity contribution is 9.10. The first-order valence-corrected chi connectivity index (χ1v) is 7.70. The molecule has 0 aliphatic heterocycles. The van der Waals surface area contributed by atoms with Gasteiger partial charge in [-0.15, -0.1) is 0 Å². The largest absolute Gasteiger partial charge is 0.507 e. The van der Waals surface area contributed by atoms with Crippen molar-refractivity contribution in [3.8, 4) is 17.1 Å². The Bertz CT molecular complexity index is 660. The topological polar surface area (TPSA) is 58.0 Å². The number of aromatic hydroxyl groups is 1. The van der Waals surface area contributed by atoms with Gasteiger partial charge in [-0.25, -0.2) is 9.97 Å². The number of nitrogens with one attached hydrogen (secondary N) is 1. The summed E-state index contributed by atoms with van der Waals surface area (Å²) in [4.78, 5) is 9.25. The first kappa shape index (κ1) is 15.8. The van der Waals surface area contributed by atoms with Gasteiger partial charge in [0.15, 0.2) is 5.82 Å². The SMILES string of the molecule is CNc1nc(-c2cc(C)c(O)c(C)c2)nc(C(C)C)c1Br. The molecule has 0 atom stereocenters. The zero-order valence-corrected chi connectivity index (χ0v) is 14.5. The highest BCUT2D eigenvalue weighted by Gasteiger charge is 2.16. The fraction of sp³-hybridized carbons (Fsp3) is 0.375. The molecule has 112 valence electrons. The fourth-order valence-electron chi connectivity index (χ4n) is 2.23. The average Bonchev–Trinajstić information content (AvgIpc) is 2.44. The van der Waals surface area contributed by atoms with E-state index in [2.05, 4.69) is 45.1 Å². The summed E-state index contributed by atoms with van der Waals surface area (Å²) in [5, 5.41) is 13.0. The number of anilines is 1. The Balaban J connectivity index is 2.67. The van der Waals surface area contributed by atoms with Crippen LogP contribution in [0.1, 0.15) is 36.6 Å². The summed E-state index contributed by atoms with van der Waals surface area (Å²) in [5.74, 6) is 2.05. The number of benzene rings is 1. The number of aromatic nitrogens is 2. The normalized spacial score (nSPS) is 11.0. The van der Waals surface area contributed by atoms with Crippen LogP contribution in [0.5, 0.6) is 5.75 Å². The second-order valence-corrected chi connectivity index (χ2v) is 6.25. The summed E-state index contributed by atoms with van der Waals surface area (Å²) in [6.45, 7) is 7.97. The fourth-order valence-corrected chi connectivity index (χ4v) is 3.06. The number of hydrogen-bond donors (Lipinski definition) is 2. The molecular formula is C16H20BrN3O. The van der Waals surface area contributed by atoms with Crippen LogP contribution in [0.4, 0.5) is 5.82 Å². The van der Waals surface area contributed by atoms with Crippen LogP contribution in [0, 0.1) is 13.8 Å². The number of rotatable bonds is 3. The van der Waals surface area contributed by atoms with Gasteiger partial charge in [-0.05, 0) is 59.0 Å². The van der Waals surface area contributed by atoms with Gasteiger partial charge >= 0.3 is 0 Å². The molecule has 0 unspecified atom stereocenters. The summed E-state index contributed by atoms with van der Waals surface area (Å²) in [6, 6.07) is 3.82. The van der Waals surface area contributed by atoms with E-state index in [4.69, 9.17) is 0 Å². The monoisotopic (exact) mass is 349 g/mol. The van der Waals surface area contributed by atoms with Crippen LogP contribution in [0.2, 0.25) is 0 Å². The minimum atomic E-state index is 0.285. The first-order chi connectivity index (χ1) is 9.85. The number of hydrogen-bond acceptors (Lipinski definition) is 4. The number of phenols is 1. The summed E-state index contributed by atoms with van der Waals surface area (Å²) in [6.07, 6.45) is 0. The minimum absolute atomic E-state index is 0.285. The molecule has 1 aromatic carbocycles. The Morgan fingerprint density at radius 2 is 1.71 bits per heavy atom. The molecule has 2 aromatic rings. The van der Waals surface area contributed by atoms with E-state index in [0.29, 0.717) is 11.6 Å². The predicted molar refractivity (Wildman–Crippen MR) is 89.9 cm³/mol. The van der Waals surface area contributed by atoms with Crippen LogP contribution in [0.3, 0.4) is 0 Å². The summed E-state index contributed by atoms with van der Waals surface area (Å²) in [7, 11) is 1.84. The van der Waals surface area contributed by atoms with Crippen molar-refractivity contribution < 1.29 is 5.11 Å². The highest BCUT2D eigenvalue weighted by Crippen LogP contribution is 2.33. The molecule has 4 nitrogen and oxygen atoms in total. The van der Waals surface area contributed by atoms with Crippen molar-refractivity contribution in [3.63, 3.8) is 0 Å². The molecule has 1 aromatic heterocycles. The van der Waals surface area contributed by atoms with Gasteiger partial charge in [0.2, 0.25) is 0 Å². The molecule has 0 aliphatic carbocycles. The van der Waals surface area contributed by atoms with E-state index < -0.39 is 0 Å². The van der Waals surface area contributed by atoms with E-state index in [1.165, 1.54) is 0 Å². The zero-order valence-electron chi connectivity index (χ0n) is 13.0. The second-order valence-electron chi connectivity index (χ2n) is 5.46. The van der Waals surface area contributed by atoms with Gasteiger partial charge in [0.05, 0.1) is 10.2 Å². The van der Waals surface area contributed by atoms with Gasteiger partial charge in [-0.3, -0.25) is 0 Å². The van der Waals surface area contributed by atoms with Gasteiger partial charge in [0, 0.05) is 12.6 Å². The third-order valence-electron chi connectivity index (χ3n) is 3.41. The van der Waals surface area contributed by atoms with Crippen LogP contribution in [-0.2, 0) is 0 Å². The van der Waals surface area contributed by atoms with Crippen molar-refractivity contribution in [2.45, 2.75) is 33.6 Å². The Morgan fingerprint density at radius 1 is 1.14 bits per heavy atom. The van der Waals surface area contributed by atoms with E-state index in [0.717, 1.165) is 32.7 Å². The molecule has 0 fully saturated rings. The van der Waals surface area contributed by atoms with Crippen LogP contribution in [0.15, 0.2) is 16.6 Å². The van der Waals surface area contributed by atoms with Crippen molar-refractivity contribution in [1.82, 2.24) is 9.97 Å². The van der Waals surface area contributed by atoms with E-state index >= 15 is 0 Å². The molecule has 0 amide bonds. The second kappa shape index (κ2) is 6.02. The lowest BCUT2D eigenvalue weighted by atomic mass is 10.0. The molecule has 0 aliphatic rings. The predicted octanol–water partition coefficient (Wildman–Crippen LogP) is 4.39. The van der Waals surface area contributed by atoms with Gasteiger partial charge < -0.3 is 10.4 Å². The Hall–Kier alpha value is -1.62. The molecule has 5 heteroatoms. The van der Waals surface area contributed by atoms with Gasteiger partial charge in [-0.2, -0.15) is 0 Å². The average molecular weight is 350 g/mol. The van der Waals surface area contributed by atoms with Crippen molar-refractivity contribution >= 4 is 21.7 Å². The van der Waals surface area contributed by atoms with Crippen molar-refractivity contribution in [1.29, 1.82) is 0 Å². The number of nitrogens with zero attached hydrogens (tertiary/aromatic N) is 2. The zero-order chi connectivity index (χ0) is 15.7. The lowest BCUT2D eigenvalue weighted by Crippen LogP contribution is -2.05. The van der Waals surface area contributed by atoms with E-state index in [9.17, 15) is 5.11 Å². The quantitative estimate of drug-likeness (QED) is 0.862. The minimum Gasteiger partial charge on any atom is -0.507 e. The third-order valence-corrected chi connectivity index (χ3v) is 4.19. The van der Waals surface area contributed by atoms with E-state index in [1.54, 1.807) is 0 Å². The molecule has 2 rings (SSSR count). The van der Waals surface area contributed by atoms with Crippen molar-refractivity contribution in [2.75, 3.05) is 12.4 Å². The Labute approximate surface area is 133 Å². The molecule has 21 heavy (non-hydrogen) atoms. The van der Waals surface area contributed by atoms with Crippen LogP contribution in [0.25, 0.3) is 11.4 Å². The van der Waals surface area contributed by atoms with Crippen molar-refractivity contribution in [3.05, 3.63) is 33.4 Å². The Morgan fingerprint density at radius 3 is 2.19 bits per heavy atom. The Kier molecular flexibility index (Phi) is 4.52. The molecular weight excluding hydrogens is 330 g/mol. The number of aryl methyl sites for hydroxylation is 2. The van der Waals surface area contributed by atoms with Crippen LogP contribution >= 0.6 is 15.9 Å². The molecule has 0 saturated carbocycles. The molecule has 0 bridgehead atoms.